The average Bonchev–Trinajstić information content (AvgIpc) is 3.05. The van der Waals surface area contributed by atoms with Crippen LogP contribution in [0.25, 0.3) is 0 Å². The molecule has 0 aliphatic carbocycles. The maximum atomic E-state index is 15.8. The molecule has 2 aliphatic heterocycles. The van der Waals surface area contributed by atoms with E-state index in [1.165, 1.54) is 36.5 Å². The molecule has 0 radical (unpaired) electrons. The third kappa shape index (κ3) is 4.36. The van der Waals surface area contributed by atoms with Crippen molar-refractivity contribution in [3.63, 3.8) is 0 Å². The van der Waals surface area contributed by atoms with Crippen LogP contribution in [0.2, 0.25) is 0 Å². The number of alkyl halides is 2. The third-order valence-electron chi connectivity index (χ3n) is 5.54. The SMILES string of the molecule is C[C@]1(OC(=O)c2ccccc2)[C@H](N2C=CCNC2=O)O[C@](F)(COC(=O)c2ccccc2)[C@H]1F. The lowest BCUT2D eigenvalue weighted by Gasteiger charge is -2.36. The van der Waals surface area contributed by atoms with E-state index in [1.54, 1.807) is 36.4 Å². The molecule has 2 heterocycles. The minimum absolute atomic E-state index is 0.0974. The van der Waals surface area contributed by atoms with Gasteiger partial charge in [0.15, 0.2) is 18.4 Å². The van der Waals surface area contributed by atoms with Crippen LogP contribution in [0.15, 0.2) is 72.9 Å². The van der Waals surface area contributed by atoms with Gasteiger partial charge in [-0.2, -0.15) is 0 Å². The largest absolute Gasteiger partial charge is 0.456 e. The normalized spacial score (nSPS) is 28.3. The standard InChI is InChI=1S/C24H22F2N2O6/c1-23(33-19(30)17-11-6-3-7-12-17)20(25)24(26,15-32-18(29)16-9-4-2-5-10-16)34-21(23)28-14-8-13-27-22(28)31/h2-12,14,20-21H,13,15H2,1H3,(H,27,31)/t20-,21+,23+,24+/m0/s1. The minimum Gasteiger partial charge on any atom is -0.456 e. The highest BCUT2D eigenvalue weighted by Gasteiger charge is 2.69. The van der Waals surface area contributed by atoms with Gasteiger partial charge < -0.3 is 19.5 Å². The molecule has 1 fully saturated rings. The first-order chi connectivity index (χ1) is 16.2. The van der Waals surface area contributed by atoms with Gasteiger partial charge in [-0.1, -0.05) is 36.4 Å². The summed E-state index contributed by atoms with van der Waals surface area (Å²) in [5.41, 5.74) is -2.05. The van der Waals surface area contributed by atoms with E-state index in [1.807, 2.05) is 0 Å². The molecule has 4 rings (SSSR count). The zero-order valence-electron chi connectivity index (χ0n) is 18.1. The van der Waals surface area contributed by atoms with E-state index in [-0.39, 0.29) is 17.7 Å². The van der Waals surface area contributed by atoms with Gasteiger partial charge in [-0.15, -0.1) is 0 Å². The molecule has 2 aliphatic rings. The Balaban J connectivity index is 1.61. The lowest BCUT2D eigenvalue weighted by Crippen LogP contribution is -2.57. The van der Waals surface area contributed by atoms with Crippen molar-refractivity contribution in [3.05, 3.63) is 84.1 Å². The summed E-state index contributed by atoms with van der Waals surface area (Å²) in [7, 11) is 0. The molecule has 1 N–H and O–H groups in total. The van der Waals surface area contributed by atoms with Crippen molar-refractivity contribution in [1.29, 1.82) is 0 Å². The van der Waals surface area contributed by atoms with E-state index in [0.29, 0.717) is 0 Å². The number of hydrogen-bond acceptors (Lipinski definition) is 6. The summed E-state index contributed by atoms with van der Waals surface area (Å²) in [6.07, 6.45) is -1.48. The van der Waals surface area contributed by atoms with Crippen LogP contribution in [0.1, 0.15) is 27.6 Å². The van der Waals surface area contributed by atoms with E-state index in [9.17, 15) is 14.4 Å². The average molecular weight is 472 g/mol. The summed E-state index contributed by atoms with van der Waals surface area (Å²) in [6, 6.07) is 14.8. The first kappa shape index (κ1) is 23.4. The van der Waals surface area contributed by atoms with Crippen LogP contribution in [0.4, 0.5) is 13.6 Å². The van der Waals surface area contributed by atoms with Crippen molar-refractivity contribution in [2.24, 2.45) is 0 Å². The second kappa shape index (κ2) is 9.22. The van der Waals surface area contributed by atoms with E-state index < -0.39 is 48.4 Å². The van der Waals surface area contributed by atoms with Crippen LogP contribution in [0.5, 0.6) is 0 Å². The molecular weight excluding hydrogens is 450 g/mol. The van der Waals surface area contributed by atoms with Gasteiger partial charge in [-0.25, -0.2) is 23.2 Å². The molecule has 10 heteroatoms. The lowest BCUT2D eigenvalue weighted by atomic mass is 9.95. The van der Waals surface area contributed by atoms with Crippen molar-refractivity contribution in [3.8, 4) is 0 Å². The molecule has 0 aromatic heterocycles. The highest BCUT2D eigenvalue weighted by Crippen LogP contribution is 2.46. The molecule has 2 amide bonds. The second-order valence-electron chi connectivity index (χ2n) is 7.98. The minimum atomic E-state index is -3.20. The fourth-order valence-corrected chi connectivity index (χ4v) is 3.77. The smallest absolute Gasteiger partial charge is 0.338 e. The number of esters is 2. The van der Waals surface area contributed by atoms with Gasteiger partial charge in [-0.05, 0) is 37.3 Å². The zero-order valence-corrected chi connectivity index (χ0v) is 18.1. The maximum Gasteiger partial charge on any atom is 0.338 e. The van der Waals surface area contributed by atoms with Crippen molar-refractivity contribution in [1.82, 2.24) is 10.2 Å². The number of nitrogens with zero attached hydrogens (tertiary/aromatic N) is 1. The van der Waals surface area contributed by atoms with Crippen molar-refractivity contribution in [2.45, 2.75) is 30.8 Å². The van der Waals surface area contributed by atoms with E-state index in [2.05, 4.69) is 5.32 Å². The second-order valence-corrected chi connectivity index (χ2v) is 7.98. The molecule has 1 saturated heterocycles. The molecule has 0 bridgehead atoms. The van der Waals surface area contributed by atoms with Gasteiger partial charge >= 0.3 is 18.0 Å². The van der Waals surface area contributed by atoms with Gasteiger partial charge in [0, 0.05) is 12.7 Å². The van der Waals surface area contributed by atoms with Gasteiger partial charge in [0.1, 0.15) is 0 Å². The number of halogens is 2. The Labute approximate surface area is 194 Å². The first-order valence-electron chi connectivity index (χ1n) is 10.5. The van der Waals surface area contributed by atoms with Crippen molar-refractivity contribution in [2.75, 3.05) is 13.2 Å². The molecule has 4 atom stereocenters. The van der Waals surface area contributed by atoms with Crippen LogP contribution < -0.4 is 5.32 Å². The molecule has 34 heavy (non-hydrogen) atoms. The van der Waals surface area contributed by atoms with Gasteiger partial charge in [0.05, 0.1) is 11.1 Å². The summed E-state index contributed by atoms with van der Waals surface area (Å²) in [5, 5.41) is 2.50. The number of nitrogens with one attached hydrogen (secondary N) is 1. The monoisotopic (exact) mass is 472 g/mol. The quantitative estimate of drug-likeness (QED) is 0.648. The van der Waals surface area contributed by atoms with Crippen molar-refractivity contribution >= 4 is 18.0 Å². The Hall–Kier alpha value is -3.79. The summed E-state index contributed by atoms with van der Waals surface area (Å²) in [6.45, 7) is 0.201. The highest BCUT2D eigenvalue weighted by molar-refractivity contribution is 5.90. The zero-order chi connectivity index (χ0) is 24.3. The number of carbonyl (C=O) groups excluding carboxylic acids is 3. The third-order valence-corrected chi connectivity index (χ3v) is 5.54. The Morgan fingerprint density at radius 1 is 1.09 bits per heavy atom. The fraction of sp³-hybridized carbons (Fsp3) is 0.292. The number of rotatable bonds is 6. The summed E-state index contributed by atoms with van der Waals surface area (Å²) in [5.74, 6) is -5.03. The van der Waals surface area contributed by atoms with Crippen LogP contribution in [-0.2, 0) is 14.2 Å². The predicted molar refractivity (Wildman–Crippen MR) is 115 cm³/mol. The summed E-state index contributed by atoms with van der Waals surface area (Å²) < 4.78 is 47.3. The Morgan fingerprint density at radius 3 is 2.26 bits per heavy atom. The topological polar surface area (TPSA) is 94.2 Å². The molecule has 8 nitrogen and oxygen atoms in total. The number of urea groups is 1. The molecule has 0 saturated carbocycles. The lowest BCUT2D eigenvalue weighted by molar-refractivity contribution is -0.199. The first-order valence-corrected chi connectivity index (χ1v) is 10.5. The number of carbonyl (C=O) groups is 3. The molecule has 2 aromatic carbocycles. The molecule has 0 unspecified atom stereocenters. The van der Waals surface area contributed by atoms with Gasteiger partial charge in [0.2, 0.25) is 6.17 Å². The van der Waals surface area contributed by atoms with E-state index in [0.717, 1.165) is 11.8 Å². The molecule has 178 valence electrons. The van der Waals surface area contributed by atoms with Crippen LogP contribution in [0.3, 0.4) is 0 Å². The highest BCUT2D eigenvalue weighted by atomic mass is 19.2. The van der Waals surface area contributed by atoms with Crippen LogP contribution in [-0.4, -0.2) is 59.9 Å². The predicted octanol–water partition coefficient (Wildman–Crippen LogP) is 3.36. The molecule has 0 spiro atoms. The number of hydrogen-bond donors (Lipinski definition) is 1. The van der Waals surface area contributed by atoms with Gasteiger partial charge in [-0.3, -0.25) is 4.90 Å². The van der Waals surface area contributed by atoms with Crippen LogP contribution >= 0.6 is 0 Å². The van der Waals surface area contributed by atoms with E-state index >= 15 is 8.78 Å². The Bertz CT molecular complexity index is 1100. The molecular formula is C24H22F2N2O6. The maximum absolute atomic E-state index is 15.8. The Kier molecular flexibility index (Phi) is 6.34. The number of ether oxygens (including phenoxy) is 3. The van der Waals surface area contributed by atoms with Crippen molar-refractivity contribution < 1.29 is 37.4 Å². The number of benzene rings is 2. The summed E-state index contributed by atoms with van der Waals surface area (Å²) in [4.78, 5) is 38.3. The van der Waals surface area contributed by atoms with Gasteiger partial charge in [0.25, 0.3) is 5.85 Å². The Morgan fingerprint density at radius 2 is 1.68 bits per heavy atom. The fourth-order valence-electron chi connectivity index (χ4n) is 3.77. The van der Waals surface area contributed by atoms with E-state index in [4.69, 9.17) is 14.2 Å². The number of amides is 2. The van der Waals surface area contributed by atoms with Crippen LogP contribution in [0, 0.1) is 0 Å². The molecule has 2 aromatic rings. The summed E-state index contributed by atoms with van der Waals surface area (Å²) >= 11 is 0.